The van der Waals surface area contributed by atoms with Crippen LogP contribution in [0.15, 0.2) is 18.2 Å². The summed E-state index contributed by atoms with van der Waals surface area (Å²) in [4.78, 5) is 0. The standard InChI is InChI=1S/C17H29NO/c1-6-14(18)8-7-11-19-16-10-9-13(2)12-15(16)17(3,4)5/h9-10,12,14H,6-8,11,18H2,1-5H3. The molecule has 0 amide bonds. The van der Waals surface area contributed by atoms with Crippen molar-refractivity contribution in [2.75, 3.05) is 6.61 Å². The molecule has 2 heteroatoms. The van der Waals surface area contributed by atoms with E-state index in [-0.39, 0.29) is 5.41 Å². The molecule has 0 aromatic heterocycles. The number of aryl methyl sites for hydroxylation is 1. The molecule has 0 heterocycles. The molecule has 19 heavy (non-hydrogen) atoms. The largest absolute Gasteiger partial charge is 0.493 e. The summed E-state index contributed by atoms with van der Waals surface area (Å²) in [5.41, 5.74) is 8.60. The first-order chi connectivity index (χ1) is 8.84. The van der Waals surface area contributed by atoms with E-state index in [2.05, 4.69) is 52.8 Å². The van der Waals surface area contributed by atoms with Crippen molar-refractivity contribution in [1.82, 2.24) is 0 Å². The van der Waals surface area contributed by atoms with Crippen molar-refractivity contribution in [1.29, 1.82) is 0 Å². The molecule has 0 radical (unpaired) electrons. The van der Waals surface area contributed by atoms with Crippen LogP contribution in [0.5, 0.6) is 5.75 Å². The van der Waals surface area contributed by atoms with Gasteiger partial charge in [0.15, 0.2) is 0 Å². The number of hydrogen-bond donors (Lipinski definition) is 1. The predicted octanol–water partition coefficient (Wildman–Crippen LogP) is 4.19. The molecule has 1 unspecified atom stereocenters. The van der Waals surface area contributed by atoms with Gasteiger partial charge in [-0.15, -0.1) is 0 Å². The molecule has 1 atom stereocenters. The van der Waals surface area contributed by atoms with Crippen molar-refractivity contribution in [3.63, 3.8) is 0 Å². The van der Waals surface area contributed by atoms with Crippen molar-refractivity contribution >= 4 is 0 Å². The second kappa shape index (κ2) is 6.95. The Labute approximate surface area is 118 Å². The Bertz CT molecular complexity index is 393. The molecule has 0 saturated heterocycles. The maximum absolute atomic E-state index is 5.96. The molecule has 0 bridgehead atoms. The first-order valence-corrected chi connectivity index (χ1v) is 7.34. The van der Waals surface area contributed by atoms with Gasteiger partial charge in [0, 0.05) is 6.04 Å². The van der Waals surface area contributed by atoms with Crippen molar-refractivity contribution in [2.45, 2.75) is 65.3 Å². The fraction of sp³-hybridized carbons (Fsp3) is 0.647. The lowest BCUT2D eigenvalue weighted by Crippen LogP contribution is -2.19. The lowest BCUT2D eigenvalue weighted by molar-refractivity contribution is 0.293. The minimum absolute atomic E-state index is 0.112. The van der Waals surface area contributed by atoms with Crippen LogP contribution >= 0.6 is 0 Å². The first-order valence-electron chi connectivity index (χ1n) is 7.34. The van der Waals surface area contributed by atoms with Crippen molar-refractivity contribution in [2.24, 2.45) is 5.73 Å². The van der Waals surface area contributed by atoms with Crippen LogP contribution in [0, 0.1) is 6.92 Å². The zero-order valence-corrected chi connectivity index (χ0v) is 13.1. The van der Waals surface area contributed by atoms with Gasteiger partial charge in [-0.05, 0) is 43.2 Å². The highest BCUT2D eigenvalue weighted by molar-refractivity contribution is 5.41. The molecule has 0 fully saturated rings. The fourth-order valence-corrected chi connectivity index (χ4v) is 2.09. The van der Waals surface area contributed by atoms with Crippen LogP contribution in [0.3, 0.4) is 0 Å². The third kappa shape index (κ3) is 5.23. The van der Waals surface area contributed by atoms with E-state index in [0.29, 0.717) is 6.04 Å². The summed E-state index contributed by atoms with van der Waals surface area (Å²) in [6, 6.07) is 6.74. The number of rotatable bonds is 6. The van der Waals surface area contributed by atoms with Crippen LogP contribution in [0.25, 0.3) is 0 Å². The van der Waals surface area contributed by atoms with Gasteiger partial charge in [0.1, 0.15) is 5.75 Å². The Morgan fingerprint density at radius 3 is 2.53 bits per heavy atom. The Hall–Kier alpha value is -1.02. The fourth-order valence-electron chi connectivity index (χ4n) is 2.09. The maximum Gasteiger partial charge on any atom is 0.123 e. The Balaban J connectivity index is 2.63. The van der Waals surface area contributed by atoms with E-state index in [0.717, 1.165) is 31.6 Å². The molecule has 0 aliphatic heterocycles. The number of benzene rings is 1. The Morgan fingerprint density at radius 2 is 1.95 bits per heavy atom. The number of nitrogens with two attached hydrogens (primary N) is 1. The van der Waals surface area contributed by atoms with Gasteiger partial charge in [-0.1, -0.05) is 45.4 Å². The summed E-state index contributed by atoms with van der Waals surface area (Å²) < 4.78 is 5.96. The maximum atomic E-state index is 5.96. The average molecular weight is 263 g/mol. The molecule has 2 nitrogen and oxygen atoms in total. The van der Waals surface area contributed by atoms with Gasteiger partial charge in [0.25, 0.3) is 0 Å². The summed E-state index contributed by atoms with van der Waals surface area (Å²) in [7, 11) is 0. The number of ether oxygens (including phenoxy) is 1. The average Bonchev–Trinajstić information content (AvgIpc) is 2.34. The van der Waals surface area contributed by atoms with E-state index < -0.39 is 0 Å². The van der Waals surface area contributed by atoms with Gasteiger partial charge >= 0.3 is 0 Å². The molecule has 0 aliphatic carbocycles. The highest BCUT2D eigenvalue weighted by Crippen LogP contribution is 2.32. The van der Waals surface area contributed by atoms with Crippen LogP contribution in [-0.2, 0) is 5.41 Å². The van der Waals surface area contributed by atoms with E-state index in [1.165, 1.54) is 11.1 Å². The molecule has 1 aromatic carbocycles. The van der Waals surface area contributed by atoms with Crippen LogP contribution in [-0.4, -0.2) is 12.6 Å². The van der Waals surface area contributed by atoms with E-state index in [4.69, 9.17) is 10.5 Å². The lowest BCUT2D eigenvalue weighted by atomic mass is 9.85. The summed E-state index contributed by atoms with van der Waals surface area (Å²) in [5.74, 6) is 1.02. The normalized spacial score (nSPS) is 13.4. The molecule has 1 aromatic rings. The first kappa shape index (κ1) is 16.0. The molecule has 2 N–H and O–H groups in total. The molecule has 0 saturated carbocycles. The second-order valence-electron chi connectivity index (χ2n) is 6.41. The third-order valence-corrected chi connectivity index (χ3v) is 3.44. The summed E-state index contributed by atoms with van der Waals surface area (Å²) in [6.07, 6.45) is 3.09. The van der Waals surface area contributed by atoms with Crippen LogP contribution in [0.2, 0.25) is 0 Å². The molecule has 1 rings (SSSR count). The molecular formula is C17H29NO. The van der Waals surface area contributed by atoms with Gasteiger partial charge in [0.05, 0.1) is 6.61 Å². The minimum Gasteiger partial charge on any atom is -0.493 e. The second-order valence-corrected chi connectivity index (χ2v) is 6.41. The van der Waals surface area contributed by atoms with E-state index in [9.17, 15) is 0 Å². The van der Waals surface area contributed by atoms with Crippen molar-refractivity contribution < 1.29 is 4.74 Å². The van der Waals surface area contributed by atoms with E-state index in [1.54, 1.807) is 0 Å². The Morgan fingerprint density at radius 1 is 1.26 bits per heavy atom. The lowest BCUT2D eigenvalue weighted by Gasteiger charge is -2.23. The van der Waals surface area contributed by atoms with Gasteiger partial charge in [-0.2, -0.15) is 0 Å². The van der Waals surface area contributed by atoms with Crippen LogP contribution in [0.4, 0.5) is 0 Å². The topological polar surface area (TPSA) is 35.2 Å². The number of hydrogen-bond acceptors (Lipinski definition) is 2. The van der Waals surface area contributed by atoms with E-state index >= 15 is 0 Å². The van der Waals surface area contributed by atoms with Crippen LogP contribution in [0.1, 0.15) is 58.1 Å². The van der Waals surface area contributed by atoms with Gasteiger partial charge < -0.3 is 10.5 Å². The highest BCUT2D eigenvalue weighted by atomic mass is 16.5. The molecular weight excluding hydrogens is 234 g/mol. The molecule has 0 spiro atoms. The predicted molar refractivity (Wildman–Crippen MR) is 82.9 cm³/mol. The minimum atomic E-state index is 0.112. The summed E-state index contributed by atoms with van der Waals surface area (Å²) >= 11 is 0. The SMILES string of the molecule is CCC(N)CCCOc1ccc(C)cc1C(C)(C)C. The smallest absolute Gasteiger partial charge is 0.123 e. The van der Waals surface area contributed by atoms with Gasteiger partial charge in [0.2, 0.25) is 0 Å². The van der Waals surface area contributed by atoms with Crippen LogP contribution < -0.4 is 10.5 Å². The third-order valence-electron chi connectivity index (χ3n) is 3.44. The van der Waals surface area contributed by atoms with Crippen molar-refractivity contribution in [3.05, 3.63) is 29.3 Å². The van der Waals surface area contributed by atoms with Gasteiger partial charge in [-0.3, -0.25) is 0 Å². The summed E-state index contributed by atoms with van der Waals surface area (Å²) in [6.45, 7) is 11.7. The van der Waals surface area contributed by atoms with Crippen molar-refractivity contribution in [3.8, 4) is 5.75 Å². The van der Waals surface area contributed by atoms with E-state index in [1.807, 2.05) is 0 Å². The summed E-state index contributed by atoms with van der Waals surface area (Å²) in [5, 5.41) is 0. The Kier molecular flexibility index (Phi) is 5.86. The quantitative estimate of drug-likeness (QED) is 0.781. The molecule has 108 valence electrons. The highest BCUT2D eigenvalue weighted by Gasteiger charge is 2.19. The zero-order valence-electron chi connectivity index (χ0n) is 13.1. The monoisotopic (exact) mass is 263 g/mol. The molecule has 0 aliphatic rings. The zero-order chi connectivity index (χ0) is 14.5. The van der Waals surface area contributed by atoms with Gasteiger partial charge in [-0.25, -0.2) is 0 Å².